The lowest BCUT2D eigenvalue weighted by molar-refractivity contribution is -0.121. The Labute approximate surface area is 170 Å². The van der Waals surface area contributed by atoms with Crippen molar-refractivity contribution in [2.24, 2.45) is 5.92 Å². The number of esters is 1. The van der Waals surface area contributed by atoms with Crippen molar-refractivity contribution in [1.82, 2.24) is 4.90 Å². The lowest BCUT2D eigenvalue weighted by atomic mass is 9.96. The molecule has 1 amide bonds. The second-order valence-electron chi connectivity index (χ2n) is 7.16. The summed E-state index contributed by atoms with van der Waals surface area (Å²) in [5, 5.41) is 3.72. The Bertz CT molecular complexity index is 869. The highest BCUT2D eigenvalue weighted by atomic mass is 35.5. The van der Waals surface area contributed by atoms with Gasteiger partial charge in [-0.2, -0.15) is 0 Å². The number of amides is 1. The highest BCUT2D eigenvalue weighted by Crippen LogP contribution is 2.24. The Morgan fingerprint density at radius 1 is 1.25 bits per heavy atom. The molecular formula is C22H25ClN2O3. The number of likely N-dealkylation sites (tertiary alicyclic amines) is 1. The number of nitrogens with zero attached hydrogens (tertiary/aromatic N) is 1. The van der Waals surface area contributed by atoms with Crippen LogP contribution in [0.15, 0.2) is 42.5 Å². The van der Waals surface area contributed by atoms with Crippen LogP contribution in [0.4, 0.5) is 5.69 Å². The Kier molecular flexibility index (Phi) is 6.70. The molecule has 0 saturated carbocycles. The van der Waals surface area contributed by atoms with Gasteiger partial charge in [0.2, 0.25) is 5.91 Å². The van der Waals surface area contributed by atoms with Gasteiger partial charge < -0.3 is 10.1 Å². The number of methoxy groups -OCH3 is 1. The molecule has 1 atom stereocenters. The Hall–Kier alpha value is -2.37. The van der Waals surface area contributed by atoms with Gasteiger partial charge in [0.15, 0.2) is 0 Å². The first-order chi connectivity index (χ1) is 13.5. The smallest absolute Gasteiger partial charge is 0.338 e. The number of hydrogen-bond acceptors (Lipinski definition) is 4. The van der Waals surface area contributed by atoms with Crippen LogP contribution < -0.4 is 5.32 Å². The summed E-state index contributed by atoms with van der Waals surface area (Å²) < 4.78 is 4.80. The van der Waals surface area contributed by atoms with Crippen molar-refractivity contribution in [3.05, 3.63) is 64.2 Å². The molecule has 0 aliphatic carbocycles. The third-order valence-corrected chi connectivity index (χ3v) is 5.40. The average molecular weight is 401 g/mol. The fourth-order valence-electron chi connectivity index (χ4n) is 3.64. The van der Waals surface area contributed by atoms with Gasteiger partial charge >= 0.3 is 5.97 Å². The van der Waals surface area contributed by atoms with Gasteiger partial charge in [-0.15, -0.1) is 0 Å². The zero-order valence-corrected chi connectivity index (χ0v) is 17.0. The maximum absolute atomic E-state index is 12.8. The summed E-state index contributed by atoms with van der Waals surface area (Å²) in [6.07, 6.45) is 1.83. The van der Waals surface area contributed by atoms with Gasteiger partial charge in [0.25, 0.3) is 0 Å². The Morgan fingerprint density at radius 3 is 2.79 bits per heavy atom. The summed E-state index contributed by atoms with van der Waals surface area (Å²) in [4.78, 5) is 27.0. The number of carbonyl (C=O) groups is 2. The standard InChI is InChI=1S/C22H25ClN2O3/c1-15-19(22(27)28-2)9-4-10-20(15)24-21(26)17-7-5-11-25(14-17)13-16-6-3-8-18(23)12-16/h3-4,6,8-10,12,17H,5,7,11,13-14H2,1-2H3,(H,24,26). The summed E-state index contributed by atoms with van der Waals surface area (Å²) in [7, 11) is 1.35. The molecule has 0 spiro atoms. The van der Waals surface area contributed by atoms with E-state index in [2.05, 4.69) is 16.3 Å². The highest BCUT2D eigenvalue weighted by Gasteiger charge is 2.26. The number of ether oxygens (including phenoxy) is 1. The van der Waals surface area contributed by atoms with Crippen LogP contribution in [0.1, 0.15) is 34.3 Å². The van der Waals surface area contributed by atoms with Gasteiger partial charge in [-0.25, -0.2) is 4.79 Å². The summed E-state index contributed by atoms with van der Waals surface area (Å²) in [6.45, 7) is 4.26. The molecule has 3 rings (SSSR count). The molecule has 1 aliphatic rings. The van der Waals surface area contributed by atoms with Crippen LogP contribution in [0, 0.1) is 12.8 Å². The number of rotatable bonds is 5. The van der Waals surface area contributed by atoms with Crippen molar-refractivity contribution in [2.75, 3.05) is 25.5 Å². The van der Waals surface area contributed by atoms with Gasteiger partial charge in [0, 0.05) is 23.8 Å². The number of anilines is 1. The van der Waals surface area contributed by atoms with Crippen LogP contribution >= 0.6 is 11.6 Å². The van der Waals surface area contributed by atoms with Crippen molar-refractivity contribution >= 4 is 29.2 Å². The fourth-order valence-corrected chi connectivity index (χ4v) is 3.86. The molecule has 2 aromatic rings. The van der Waals surface area contributed by atoms with E-state index in [-0.39, 0.29) is 11.8 Å². The van der Waals surface area contributed by atoms with Crippen LogP contribution in [0.5, 0.6) is 0 Å². The minimum Gasteiger partial charge on any atom is -0.465 e. The zero-order valence-electron chi connectivity index (χ0n) is 16.2. The predicted molar refractivity (Wildman–Crippen MR) is 111 cm³/mol. The Balaban J connectivity index is 1.65. The summed E-state index contributed by atoms with van der Waals surface area (Å²) in [5.41, 5.74) is 2.98. The molecule has 1 aliphatic heterocycles. The Morgan fingerprint density at radius 2 is 2.04 bits per heavy atom. The fraction of sp³-hybridized carbons (Fsp3) is 0.364. The average Bonchev–Trinajstić information content (AvgIpc) is 2.69. The molecule has 0 aromatic heterocycles. The van der Waals surface area contributed by atoms with E-state index in [1.165, 1.54) is 7.11 Å². The van der Waals surface area contributed by atoms with E-state index in [0.717, 1.165) is 36.5 Å². The normalized spacial score (nSPS) is 17.2. The van der Waals surface area contributed by atoms with Crippen LogP contribution in [0.25, 0.3) is 0 Å². The minimum absolute atomic E-state index is 0.0130. The van der Waals surface area contributed by atoms with Crippen molar-refractivity contribution in [1.29, 1.82) is 0 Å². The maximum atomic E-state index is 12.8. The van der Waals surface area contributed by atoms with E-state index < -0.39 is 5.97 Å². The second kappa shape index (κ2) is 9.22. The highest BCUT2D eigenvalue weighted by molar-refractivity contribution is 6.30. The van der Waals surface area contributed by atoms with Crippen LogP contribution in [0.2, 0.25) is 5.02 Å². The maximum Gasteiger partial charge on any atom is 0.338 e. The molecule has 6 heteroatoms. The minimum atomic E-state index is -0.404. The van der Waals surface area contributed by atoms with Crippen LogP contribution in [-0.2, 0) is 16.1 Å². The molecule has 148 valence electrons. The van der Waals surface area contributed by atoms with E-state index in [9.17, 15) is 9.59 Å². The first-order valence-electron chi connectivity index (χ1n) is 9.43. The molecule has 2 aromatic carbocycles. The van der Waals surface area contributed by atoms with E-state index in [1.54, 1.807) is 12.1 Å². The number of hydrogen-bond donors (Lipinski definition) is 1. The first-order valence-corrected chi connectivity index (χ1v) is 9.81. The van der Waals surface area contributed by atoms with Crippen LogP contribution in [0.3, 0.4) is 0 Å². The lowest BCUT2D eigenvalue weighted by Crippen LogP contribution is -2.40. The molecule has 1 N–H and O–H groups in total. The van der Waals surface area contributed by atoms with Gasteiger partial charge in [0.1, 0.15) is 0 Å². The third-order valence-electron chi connectivity index (χ3n) is 5.17. The first kappa shape index (κ1) is 20.4. The van der Waals surface area contributed by atoms with Gasteiger partial charge in [-0.05, 0) is 61.7 Å². The van der Waals surface area contributed by atoms with Crippen molar-refractivity contribution in [3.63, 3.8) is 0 Å². The summed E-state index contributed by atoms with van der Waals surface area (Å²) >= 11 is 6.08. The van der Waals surface area contributed by atoms with Crippen molar-refractivity contribution in [3.8, 4) is 0 Å². The molecule has 28 heavy (non-hydrogen) atoms. The number of piperidine rings is 1. The van der Waals surface area contributed by atoms with Crippen LogP contribution in [-0.4, -0.2) is 37.0 Å². The van der Waals surface area contributed by atoms with Gasteiger partial charge in [-0.3, -0.25) is 9.69 Å². The van der Waals surface area contributed by atoms with E-state index in [4.69, 9.17) is 16.3 Å². The molecule has 1 heterocycles. The third kappa shape index (κ3) is 4.91. The molecular weight excluding hydrogens is 376 g/mol. The van der Waals surface area contributed by atoms with Gasteiger partial charge in [0.05, 0.1) is 18.6 Å². The number of nitrogens with one attached hydrogen (secondary N) is 1. The number of carbonyl (C=O) groups excluding carboxylic acids is 2. The largest absolute Gasteiger partial charge is 0.465 e. The topological polar surface area (TPSA) is 58.6 Å². The number of benzene rings is 2. The summed E-state index contributed by atoms with van der Waals surface area (Å²) in [6, 6.07) is 13.1. The van der Waals surface area contributed by atoms with E-state index in [0.29, 0.717) is 23.4 Å². The van der Waals surface area contributed by atoms with Gasteiger partial charge in [-0.1, -0.05) is 29.8 Å². The van der Waals surface area contributed by atoms with E-state index >= 15 is 0 Å². The molecule has 1 fully saturated rings. The number of halogens is 1. The predicted octanol–water partition coefficient (Wildman–Crippen LogP) is 4.29. The molecule has 5 nitrogen and oxygen atoms in total. The second-order valence-corrected chi connectivity index (χ2v) is 7.60. The SMILES string of the molecule is COC(=O)c1cccc(NC(=O)C2CCCN(Cc3cccc(Cl)c3)C2)c1C. The molecule has 1 saturated heterocycles. The van der Waals surface area contributed by atoms with E-state index in [1.807, 2.05) is 31.2 Å². The lowest BCUT2D eigenvalue weighted by Gasteiger charge is -2.32. The molecule has 0 bridgehead atoms. The monoisotopic (exact) mass is 400 g/mol. The quantitative estimate of drug-likeness (QED) is 0.761. The summed E-state index contributed by atoms with van der Waals surface area (Å²) in [5.74, 6) is -0.506. The molecule has 1 unspecified atom stereocenters. The molecule has 0 radical (unpaired) electrons. The van der Waals surface area contributed by atoms with Crippen molar-refractivity contribution in [2.45, 2.75) is 26.3 Å². The van der Waals surface area contributed by atoms with Crippen molar-refractivity contribution < 1.29 is 14.3 Å². The zero-order chi connectivity index (χ0) is 20.1.